The summed E-state index contributed by atoms with van der Waals surface area (Å²) in [7, 11) is 0. The van der Waals surface area contributed by atoms with Gasteiger partial charge in [-0.05, 0) is 32.9 Å². The SMILES string of the molecule is CCNC(=NCc1nc(C)c(C)s1)N1CCN(c2ccccc2O)CC1.I. The number of nitrogens with one attached hydrogen (secondary N) is 1. The van der Waals surface area contributed by atoms with Crippen LogP contribution in [0.1, 0.15) is 22.5 Å². The van der Waals surface area contributed by atoms with Gasteiger partial charge in [-0.2, -0.15) is 0 Å². The quantitative estimate of drug-likeness (QED) is 0.382. The molecule has 148 valence electrons. The van der Waals surface area contributed by atoms with Gasteiger partial charge in [-0.25, -0.2) is 9.98 Å². The Balaban J connectivity index is 0.00000261. The van der Waals surface area contributed by atoms with Crippen LogP contribution in [0.15, 0.2) is 29.3 Å². The highest BCUT2D eigenvalue weighted by Gasteiger charge is 2.21. The molecule has 27 heavy (non-hydrogen) atoms. The summed E-state index contributed by atoms with van der Waals surface area (Å²) in [6, 6.07) is 7.53. The Bertz CT molecular complexity index is 752. The molecule has 6 nitrogen and oxygen atoms in total. The number of rotatable bonds is 4. The van der Waals surface area contributed by atoms with E-state index in [0.29, 0.717) is 12.3 Å². The number of nitrogens with zero attached hydrogens (tertiary/aromatic N) is 4. The molecule has 0 bridgehead atoms. The summed E-state index contributed by atoms with van der Waals surface area (Å²) in [5.74, 6) is 1.28. The van der Waals surface area contributed by atoms with Crippen LogP contribution in [-0.4, -0.2) is 53.7 Å². The van der Waals surface area contributed by atoms with Gasteiger partial charge in [0.2, 0.25) is 0 Å². The van der Waals surface area contributed by atoms with E-state index < -0.39 is 0 Å². The van der Waals surface area contributed by atoms with Crippen LogP contribution in [0, 0.1) is 13.8 Å². The smallest absolute Gasteiger partial charge is 0.194 e. The number of aryl methyl sites for hydroxylation is 2. The first kappa shape index (κ1) is 21.7. The fourth-order valence-electron chi connectivity index (χ4n) is 3.07. The van der Waals surface area contributed by atoms with E-state index in [0.717, 1.165) is 55.1 Å². The first-order valence-corrected chi connectivity index (χ1v) is 9.89. The minimum atomic E-state index is 0. The molecule has 0 amide bonds. The summed E-state index contributed by atoms with van der Waals surface area (Å²) in [6.07, 6.45) is 0. The van der Waals surface area contributed by atoms with Crippen molar-refractivity contribution in [3.05, 3.63) is 39.8 Å². The molecule has 0 saturated carbocycles. The maximum absolute atomic E-state index is 10.1. The molecule has 2 aromatic rings. The van der Waals surface area contributed by atoms with Gasteiger partial charge in [0.1, 0.15) is 10.8 Å². The third-order valence-electron chi connectivity index (χ3n) is 4.57. The standard InChI is InChI=1S/C19H27N5OS.HI/c1-4-20-19(21-13-18-22-14(2)15(3)26-18)24-11-9-23(10-12-24)16-7-5-6-8-17(16)25;/h5-8,25H,4,9-13H2,1-3H3,(H,20,21);1H. The lowest BCUT2D eigenvalue weighted by Crippen LogP contribution is -2.52. The topological polar surface area (TPSA) is 64.0 Å². The van der Waals surface area contributed by atoms with Crippen molar-refractivity contribution in [1.82, 2.24) is 15.2 Å². The molecule has 1 aromatic carbocycles. The zero-order chi connectivity index (χ0) is 18.5. The van der Waals surface area contributed by atoms with Crippen LogP contribution in [0.4, 0.5) is 5.69 Å². The normalized spacial score (nSPS) is 14.9. The molecule has 8 heteroatoms. The number of halogens is 1. The van der Waals surface area contributed by atoms with Gasteiger partial charge in [0.25, 0.3) is 0 Å². The molecule has 1 saturated heterocycles. The van der Waals surface area contributed by atoms with E-state index in [2.05, 4.69) is 33.9 Å². The van der Waals surface area contributed by atoms with E-state index in [9.17, 15) is 5.11 Å². The van der Waals surface area contributed by atoms with Crippen molar-refractivity contribution >= 4 is 47.0 Å². The third kappa shape index (κ3) is 5.47. The molecule has 0 aliphatic carbocycles. The molecule has 2 heterocycles. The van der Waals surface area contributed by atoms with Gasteiger partial charge in [-0.3, -0.25) is 0 Å². The zero-order valence-corrected chi connectivity index (χ0v) is 19.3. The van der Waals surface area contributed by atoms with Crippen LogP contribution in [0.2, 0.25) is 0 Å². The predicted molar refractivity (Wildman–Crippen MR) is 124 cm³/mol. The van der Waals surface area contributed by atoms with Gasteiger partial charge in [0, 0.05) is 37.6 Å². The van der Waals surface area contributed by atoms with Crippen molar-refractivity contribution in [3.63, 3.8) is 0 Å². The molecule has 1 aromatic heterocycles. The number of aliphatic imine (C=N–C) groups is 1. The van der Waals surface area contributed by atoms with Crippen molar-refractivity contribution in [2.24, 2.45) is 4.99 Å². The van der Waals surface area contributed by atoms with Gasteiger partial charge in [-0.15, -0.1) is 35.3 Å². The average molecular weight is 501 g/mol. The molecule has 1 aliphatic heterocycles. The number of phenols is 1. The second-order valence-electron chi connectivity index (χ2n) is 6.38. The van der Waals surface area contributed by atoms with E-state index in [1.807, 2.05) is 25.1 Å². The summed E-state index contributed by atoms with van der Waals surface area (Å²) in [5, 5.41) is 14.5. The number of hydrogen-bond acceptors (Lipinski definition) is 5. The number of aromatic hydroxyl groups is 1. The second kappa shape index (κ2) is 10.1. The summed E-state index contributed by atoms with van der Waals surface area (Å²) in [4.78, 5) is 15.1. The molecule has 3 rings (SSSR count). The molecule has 2 N–H and O–H groups in total. The lowest BCUT2D eigenvalue weighted by molar-refractivity contribution is 0.369. The molecule has 0 unspecified atom stereocenters. The monoisotopic (exact) mass is 501 g/mol. The van der Waals surface area contributed by atoms with Crippen LogP contribution < -0.4 is 10.2 Å². The van der Waals surface area contributed by atoms with E-state index in [4.69, 9.17) is 4.99 Å². The van der Waals surface area contributed by atoms with Crippen molar-refractivity contribution < 1.29 is 5.11 Å². The molecule has 0 spiro atoms. The highest BCUT2D eigenvalue weighted by molar-refractivity contribution is 14.0. The van der Waals surface area contributed by atoms with E-state index in [1.165, 1.54) is 4.88 Å². The Morgan fingerprint density at radius 1 is 1.22 bits per heavy atom. The number of benzene rings is 1. The molecule has 0 atom stereocenters. The number of piperazine rings is 1. The van der Waals surface area contributed by atoms with Crippen molar-refractivity contribution in [2.45, 2.75) is 27.3 Å². The van der Waals surface area contributed by atoms with E-state index >= 15 is 0 Å². The predicted octanol–water partition coefficient (Wildman–Crippen LogP) is 3.37. The zero-order valence-electron chi connectivity index (χ0n) is 16.1. The van der Waals surface area contributed by atoms with Crippen molar-refractivity contribution in [3.8, 4) is 5.75 Å². The number of para-hydroxylation sites is 2. The van der Waals surface area contributed by atoms with E-state index in [-0.39, 0.29) is 24.0 Å². The maximum atomic E-state index is 10.1. The van der Waals surface area contributed by atoms with Crippen LogP contribution in [-0.2, 0) is 6.54 Å². The summed E-state index contributed by atoms with van der Waals surface area (Å²) >= 11 is 1.72. The summed E-state index contributed by atoms with van der Waals surface area (Å²) < 4.78 is 0. The van der Waals surface area contributed by atoms with Gasteiger partial charge >= 0.3 is 0 Å². The van der Waals surface area contributed by atoms with Gasteiger partial charge in [0.05, 0.1) is 17.9 Å². The first-order chi connectivity index (χ1) is 12.6. The number of thiazole rings is 1. The lowest BCUT2D eigenvalue weighted by Gasteiger charge is -2.37. The van der Waals surface area contributed by atoms with Gasteiger partial charge in [0.15, 0.2) is 5.96 Å². The highest BCUT2D eigenvalue weighted by atomic mass is 127. The summed E-state index contributed by atoms with van der Waals surface area (Å²) in [5.41, 5.74) is 2.00. The van der Waals surface area contributed by atoms with Gasteiger partial charge in [-0.1, -0.05) is 12.1 Å². The second-order valence-corrected chi connectivity index (χ2v) is 7.67. The third-order valence-corrected chi connectivity index (χ3v) is 5.63. The largest absolute Gasteiger partial charge is 0.506 e. The van der Waals surface area contributed by atoms with Crippen LogP contribution in [0.25, 0.3) is 0 Å². The fourth-order valence-corrected chi connectivity index (χ4v) is 3.92. The highest BCUT2D eigenvalue weighted by Crippen LogP contribution is 2.27. The number of guanidine groups is 1. The minimum absolute atomic E-state index is 0. The molecular weight excluding hydrogens is 473 g/mol. The number of aromatic nitrogens is 1. The van der Waals surface area contributed by atoms with Crippen molar-refractivity contribution in [1.29, 1.82) is 0 Å². The maximum Gasteiger partial charge on any atom is 0.194 e. The number of hydrogen-bond donors (Lipinski definition) is 2. The Morgan fingerprint density at radius 3 is 2.52 bits per heavy atom. The Morgan fingerprint density at radius 2 is 1.93 bits per heavy atom. The molecule has 1 aliphatic rings. The van der Waals surface area contributed by atoms with Crippen LogP contribution >= 0.6 is 35.3 Å². The Hall–Kier alpha value is -1.55. The average Bonchev–Trinajstić information content (AvgIpc) is 2.97. The number of phenolic OH excluding ortho intramolecular Hbond substituents is 1. The Kier molecular flexibility index (Phi) is 8.15. The van der Waals surface area contributed by atoms with Crippen LogP contribution in [0.3, 0.4) is 0 Å². The van der Waals surface area contributed by atoms with Crippen molar-refractivity contribution in [2.75, 3.05) is 37.6 Å². The van der Waals surface area contributed by atoms with Crippen LogP contribution in [0.5, 0.6) is 5.75 Å². The molecule has 0 radical (unpaired) electrons. The molecule has 1 fully saturated rings. The molecular formula is C19H28IN5OS. The lowest BCUT2D eigenvalue weighted by atomic mass is 10.2. The first-order valence-electron chi connectivity index (χ1n) is 9.07. The Labute approximate surface area is 182 Å². The fraction of sp³-hybridized carbons (Fsp3) is 0.474. The minimum Gasteiger partial charge on any atom is -0.506 e. The van der Waals surface area contributed by atoms with E-state index in [1.54, 1.807) is 17.4 Å². The number of anilines is 1. The summed E-state index contributed by atoms with van der Waals surface area (Å²) in [6.45, 7) is 11.1. The van der Waals surface area contributed by atoms with Gasteiger partial charge < -0.3 is 20.2 Å².